The Morgan fingerprint density at radius 3 is 1.28 bits per heavy atom. The summed E-state index contributed by atoms with van der Waals surface area (Å²) in [5.74, 6) is 3.04. The lowest BCUT2D eigenvalue weighted by Crippen LogP contribution is -2.17. The Morgan fingerprint density at radius 1 is 0.562 bits per heavy atom. The van der Waals surface area contributed by atoms with Crippen molar-refractivity contribution in [3.05, 3.63) is 48.5 Å². The van der Waals surface area contributed by atoms with Crippen molar-refractivity contribution in [1.82, 2.24) is 0 Å². The number of amides is 2. The molecule has 0 saturated heterocycles. The van der Waals surface area contributed by atoms with Gasteiger partial charge in [0.1, 0.15) is 0 Å². The van der Waals surface area contributed by atoms with Gasteiger partial charge in [-0.1, -0.05) is 62.1 Å². The highest BCUT2D eigenvalue weighted by molar-refractivity contribution is 6.02. The third kappa shape index (κ3) is 3.54. The van der Waals surface area contributed by atoms with Crippen LogP contribution in [0, 0.1) is 35.5 Å². The third-order valence-electron chi connectivity index (χ3n) is 8.58. The minimum Gasteiger partial charge on any atom is -0.325 e. The van der Waals surface area contributed by atoms with Gasteiger partial charge in [-0.05, 0) is 61.5 Å². The summed E-state index contributed by atoms with van der Waals surface area (Å²) in [5, 5.41) is 6.46. The lowest BCUT2D eigenvalue weighted by Gasteiger charge is -2.15. The number of nitrogens with one attached hydrogen (secondary N) is 2. The highest BCUT2D eigenvalue weighted by Gasteiger charge is 2.55. The number of carbonyl (C=O) groups is 2. The van der Waals surface area contributed by atoms with Crippen LogP contribution in [-0.4, -0.2) is 11.8 Å². The van der Waals surface area contributed by atoms with Gasteiger partial charge < -0.3 is 10.6 Å². The van der Waals surface area contributed by atoms with Crippen molar-refractivity contribution in [3.63, 3.8) is 0 Å². The lowest BCUT2D eigenvalue weighted by molar-refractivity contribution is -0.118. The highest BCUT2D eigenvalue weighted by atomic mass is 16.2. The summed E-state index contributed by atoms with van der Waals surface area (Å²) in [6.45, 7) is 0. The summed E-state index contributed by atoms with van der Waals surface area (Å²) in [6, 6.07) is 16.0. The summed E-state index contributed by atoms with van der Waals surface area (Å²) >= 11 is 0. The van der Waals surface area contributed by atoms with Crippen LogP contribution in [0.3, 0.4) is 0 Å². The van der Waals surface area contributed by atoms with Gasteiger partial charge >= 0.3 is 0 Å². The maximum absolute atomic E-state index is 13.0. The van der Waals surface area contributed by atoms with Gasteiger partial charge in [0.25, 0.3) is 0 Å². The van der Waals surface area contributed by atoms with Crippen LogP contribution in [0.5, 0.6) is 0 Å². The molecule has 2 N–H and O–H groups in total. The molecule has 4 aliphatic rings. The molecule has 6 atom stereocenters. The topological polar surface area (TPSA) is 58.2 Å². The average Bonchev–Trinajstić information content (AvgIpc) is 3.72. The standard InChI is InChI=1S/C28H32N2O2/c31-27(25-19-11-1-2-12-20(19)25)29-23-15-7-5-9-17(23)18-10-6-8-16-24(18)30-28(32)26-21-13-3-4-14-22(21)26/h5-10,15-16,19-22,25-26H,1-4,11-14H2,(H,29,31)(H,30,32)/t19-,20+,21-,22+,25?,26?. The molecule has 2 aromatic rings. The fourth-order valence-electron chi connectivity index (χ4n) is 6.85. The molecule has 166 valence electrons. The molecule has 4 aliphatic carbocycles. The zero-order chi connectivity index (χ0) is 21.7. The molecule has 0 radical (unpaired) electrons. The number of anilines is 2. The summed E-state index contributed by atoms with van der Waals surface area (Å²) in [7, 11) is 0. The fraction of sp³-hybridized carbons (Fsp3) is 0.500. The molecule has 2 aromatic carbocycles. The maximum Gasteiger partial charge on any atom is 0.228 e. The van der Waals surface area contributed by atoms with Crippen molar-refractivity contribution < 1.29 is 9.59 Å². The first kappa shape index (κ1) is 20.0. The van der Waals surface area contributed by atoms with Crippen LogP contribution < -0.4 is 10.6 Å². The zero-order valence-electron chi connectivity index (χ0n) is 18.6. The summed E-state index contributed by atoms with van der Waals surface area (Å²) in [6.07, 6.45) is 9.83. The SMILES string of the molecule is O=C(Nc1ccccc1-c1ccccc1NC(=O)C1[C@H]2CCCC[C@@H]12)C1[C@H]2CCCC[C@@H]12. The molecule has 6 rings (SSSR count). The predicted molar refractivity (Wildman–Crippen MR) is 127 cm³/mol. The van der Waals surface area contributed by atoms with Crippen molar-refractivity contribution in [2.24, 2.45) is 35.5 Å². The minimum atomic E-state index is 0.165. The average molecular weight is 429 g/mol. The molecule has 4 nitrogen and oxygen atoms in total. The normalized spacial score (nSPS) is 32.2. The first-order valence-corrected chi connectivity index (χ1v) is 12.5. The van der Waals surface area contributed by atoms with Crippen LogP contribution in [-0.2, 0) is 9.59 Å². The third-order valence-corrected chi connectivity index (χ3v) is 8.58. The Kier molecular flexibility index (Phi) is 5.04. The molecule has 0 aromatic heterocycles. The highest BCUT2D eigenvalue weighted by Crippen LogP contribution is 2.56. The maximum atomic E-state index is 13.0. The molecule has 0 spiro atoms. The molecule has 2 unspecified atom stereocenters. The Balaban J connectivity index is 1.22. The molecule has 0 aliphatic heterocycles. The number of fused-ring (bicyclic) bond motifs is 2. The lowest BCUT2D eigenvalue weighted by atomic mass is 10.0. The van der Waals surface area contributed by atoms with Gasteiger partial charge in [0.15, 0.2) is 0 Å². The van der Waals surface area contributed by atoms with E-state index in [2.05, 4.69) is 10.6 Å². The number of hydrogen-bond donors (Lipinski definition) is 2. The molecule has 4 heteroatoms. The zero-order valence-corrected chi connectivity index (χ0v) is 18.6. The van der Waals surface area contributed by atoms with Crippen molar-refractivity contribution in [3.8, 4) is 11.1 Å². The molecular weight excluding hydrogens is 396 g/mol. The van der Waals surface area contributed by atoms with Crippen LogP contribution in [0.15, 0.2) is 48.5 Å². The van der Waals surface area contributed by atoms with E-state index in [0.29, 0.717) is 23.7 Å². The van der Waals surface area contributed by atoms with Crippen LogP contribution in [0.1, 0.15) is 51.4 Å². The number of para-hydroxylation sites is 2. The van der Waals surface area contributed by atoms with Gasteiger partial charge in [-0.2, -0.15) is 0 Å². The number of hydrogen-bond acceptors (Lipinski definition) is 2. The number of benzene rings is 2. The van der Waals surface area contributed by atoms with E-state index in [1.807, 2.05) is 48.5 Å². The van der Waals surface area contributed by atoms with Crippen molar-refractivity contribution >= 4 is 23.2 Å². The van der Waals surface area contributed by atoms with Gasteiger partial charge in [-0.15, -0.1) is 0 Å². The van der Waals surface area contributed by atoms with E-state index in [1.54, 1.807) is 0 Å². The quantitative estimate of drug-likeness (QED) is 0.604. The monoisotopic (exact) mass is 428 g/mol. The van der Waals surface area contributed by atoms with Gasteiger partial charge in [-0.3, -0.25) is 9.59 Å². The van der Waals surface area contributed by atoms with E-state index in [1.165, 1.54) is 51.4 Å². The smallest absolute Gasteiger partial charge is 0.228 e. The van der Waals surface area contributed by atoms with E-state index in [-0.39, 0.29) is 23.7 Å². The largest absolute Gasteiger partial charge is 0.325 e. The second kappa shape index (κ2) is 8.06. The van der Waals surface area contributed by atoms with E-state index in [4.69, 9.17) is 0 Å². The first-order valence-electron chi connectivity index (χ1n) is 12.5. The second-order valence-electron chi connectivity index (χ2n) is 10.3. The van der Waals surface area contributed by atoms with Crippen molar-refractivity contribution in [1.29, 1.82) is 0 Å². The number of carbonyl (C=O) groups excluding carboxylic acids is 2. The predicted octanol–water partition coefficient (Wildman–Crippen LogP) is 6.10. The Bertz CT molecular complexity index is 940. The number of rotatable bonds is 5. The molecule has 32 heavy (non-hydrogen) atoms. The van der Waals surface area contributed by atoms with Gasteiger partial charge in [0.2, 0.25) is 11.8 Å². The molecule has 0 heterocycles. The van der Waals surface area contributed by atoms with Gasteiger partial charge in [0, 0.05) is 34.3 Å². The van der Waals surface area contributed by atoms with Crippen LogP contribution in [0.2, 0.25) is 0 Å². The van der Waals surface area contributed by atoms with Gasteiger partial charge in [0.05, 0.1) is 0 Å². The van der Waals surface area contributed by atoms with E-state index < -0.39 is 0 Å². The Labute approximate surface area is 190 Å². The van der Waals surface area contributed by atoms with Crippen LogP contribution >= 0.6 is 0 Å². The van der Waals surface area contributed by atoms with E-state index >= 15 is 0 Å². The van der Waals surface area contributed by atoms with E-state index in [9.17, 15) is 9.59 Å². The second-order valence-corrected chi connectivity index (χ2v) is 10.3. The van der Waals surface area contributed by atoms with Gasteiger partial charge in [-0.25, -0.2) is 0 Å². The molecule has 4 fully saturated rings. The molecule has 4 saturated carbocycles. The summed E-state index contributed by atoms with van der Waals surface area (Å²) in [5.41, 5.74) is 3.60. The Morgan fingerprint density at radius 2 is 0.906 bits per heavy atom. The van der Waals surface area contributed by atoms with E-state index in [0.717, 1.165) is 22.5 Å². The summed E-state index contributed by atoms with van der Waals surface area (Å²) in [4.78, 5) is 26.1. The minimum absolute atomic E-state index is 0.165. The first-order chi connectivity index (χ1) is 15.7. The van der Waals surface area contributed by atoms with Crippen LogP contribution in [0.25, 0.3) is 11.1 Å². The summed E-state index contributed by atoms with van der Waals surface area (Å²) < 4.78 is 0. The fourth-order valence-corrected chi connectivity index (χ4v) is 6.85. The molecule has 0 bridgehead atoms. The molecular formula is C28H32N2O2. The molecule has 2 amide bonds. The van der Waals surface area contributed by atoms with Crippen LogP contribution in [0.4, 0.5) is 11.4 Å². The van der Waals surface area contributed by atoms with Crippen molar-refractivity contribution in [2.75, 3.05) is 10.6 Å². The Hall–Kier alpha value is -2.62. The van der Waals surface area contributed by atoms with Crippen molar-refractivity contribution in [2.45, 2.75) is 51.4 Å².